The summed E-state index contributed by atoms with van der Waals surface area (Å²) in [6.45, 7) is 0. The van der Waals surface area contributed by atoms with Gasteiger partial charge < -0.3 is 4.74 Å². The van der Waals surface area contributed by atoms with Gasteiger partial charge in [0.05, 0.1) is 8.95 Å². The lowest BCUT2D eigenvalue weighted by Crippen LogP contribution is -1.90. The summed E-state index contributed by atoms with van der Waals surface area (Å²) in [5, 5.41) is 0. The first-order chi connectivity index (χ1) is 8.88. The third-order valence-corrected chi connectivity index (χ3v) is 7.99. The van der Waals surface area contributed by atoms with E-state index in [-0.39, 0.29) is 0 Å². The molecule has 0 aromatic heterocycles. The van der Waals surface area contributed by atoms with E-state index in [0.29, 0.717) is 0 Å². The van der Waals surface area contributed by atoms with Crippen molar-refractivity contribution in [2.75, 3.05) is 0 Å². The van der Waals surface area contributed by atoms with E-state index in [9.17, 15) is 0 Å². The smallest absolute Gasteiger partial charge is 0.142 e. The molecule has 2 aromatic carbocycles. The minimum atomic E-state index is 0.784. The van der Waals surface area contributed by atoms with Crippen molar-refractivity contribution in [2.24, 2.45) is 0 Å². The van der Waals surface area contributed by atoms with Gasteiger partial charge in [-0.05, 0) is 133 Å². The van der Waals surface area contributed by atoms with E-state index >= 15 is 0 Å². The molecule has 7 heteroatoms. The fourth-order valence-corrected chi connectivity index (χ4v) is 4.31. The van der Waals surface area contributed by atoms with Gasteiger partial charge >= 0.3 is 0 Å². The average molecular weight is 738 g/mol. The maximum atomic E-state index is 5.97. The van der Waals surface area contributed by atoms with Gasteiger partial charge in [-0.1, -0.05) is 0 Å². The predicted molar refractivity (Wildman–Crippen MR) is 109 cm³/mol. The van der Waals surface area contributed by atoms with Crippen molar-refractivity contribution in [1.82, 2.24) is 0 Å². The second kappa shape index (κ2) is 7.26. The molecule has 2 aromatic rings. The van der Waals surface area contributed by atoms with Crippen LogP contribution in [0.3, 0.4) is 0 Å². The quantitative estimate of drug-likeness (QED) is 0.227. The molecule has 0 saturated carbocycles. The van der Waals surface area contributed by atoms with Crippen LogP contribution < -0.4 is 4.74 Å². The molecule has 100 valence electrons. The first-order valence-electron chi connectivity index (χ1n) is 4.85. The molecule has 1 nitrogen and oxygen atoms in total. The Balaban J connectivity index is 2.42. The molecule has 0 aliphatic carbocycles. The lowest BCUT2D eigenvalue weighted by molar-refractivity contribution is 0.475. The van der Waals surface area contributed by atoms with Gasteiger partial charge in [-0.15, -0.1) is 0 Å². The summed E-state index contributed by atoms with van der Waals surface area (Å²) in [6.07, 6.45) is 0. The summed E-state index contributed by atoms with van der Waals surface area (Å²) in [4.78, 5) is 0. The largest absolute Gasteiger partial charge is 0.455 e. The van der Waals surface area contributed by atoms with E-state index < -0.39 is 0 Å². The van der Waals surface area contributed by atoms with Crippen LogP contribution in [0.1, 0.15) is 0 Å². The molecule has 0 fully saturated rings. The zero-order valence-corrected chi connectivity index (χ0v) is 19.6. The third-order valence-electron chi connectivity index (χ3n) is 2.17. The Labute approximate surface area is 172 Å². The van der Waals surface area contributed by atoms with Gasteiger partial charge in [0.15, 0.2) is 0 Å². The molecule has 0 radical (unpaired) electrons. The Kier molecular flexibility index (Phi) is 6.48. The van der Waals surface area contributed by atoms with Crippen molar-refractivity contribution in [3.63, 3.8) is 0 Å². The van der Waals surface area contributed by atoms with Gasteiger partial charge in [-0.2, -0.15) is 0 Å². The van der Waals surface area contributed by atoms with Crippen LogP contribution in [0, 0.1) is 7.14 Å². The molecule has 0 aliphatic rings. The molecule has 0 unspecified atom stereocenters. The fraction of sp³-hybridized carbons (Fsp3) is 0. The standard InChI is InChI=1S/C12H4Br4I2O/c13-5-1-7(15)11(3-9(5)17)19-12-4-10(18)6(14)2-8(12)16/h1-4H. The van der Waals surface area contributed by atoms with Crippen LogP contribution in [0.4, 0.5) is 0 Å². The predicted octanol–water partition coefficient (Wildman–Crippen LogP) is 7.74. The van der Waals surface area contributed by atoms with E-state index in [4.69, 9.17) is 4.74 Å². The van der Waals surface area contributed by atoms with Crippen LogP contribution in [0.5, 0.6) is 11.5 Å². The van der Waals surface area contributed by atoms with Gasteiger partial charge in [0.1, 0.15) is 11.5 Å². The van der Waals surface area contributed by atoms with Crippen LogP contribution >= 0.6 is 109 Å². The summed E-state index contributed by atoms with van der Waals surface area (Å²) in [5.41, 5.74) is 0. The Morgan fingerprint density at radius 1 is 0.632 bits per heavy atom. The van der Waals surface area contributed by atoms with E-state index in [1.165, 1.54) is 0 Å². The van der Waals surface area contributed by atoms with Crippen LogP contribution in [0.25, 0.3) is 0 Å². The summed E-state index contributed by atoms with van der Waals surface area (Å²) in [7, 11) is 0. The van der Waals surface area contributed by atoms with Crippen molar-refractivity contribution in [3.8, 4) is 11.5 Å². The lowest BCUT2D eigenvalue weighted by atomic mass is 10.3. The number of rotatable bonds is 2. The molecular formula is C12H4Br4I2O. The number of hydrogen-bond donors (Lipinski definition) is 0. The van der Waals surface area contributed by atoms with E-state index in [0.717, 1.165) is 36.5 Å². The number of hydrogen-bond acceptors (Lipinski definition) is 1. The van der Waals surface area contributed by atoms with Gasteiger partial charge in [-0.3, -0.25) is 0 Å². The second-order valence-electron chi connectivity index (χ2n) is 3.50. The van der Waals surface area contributed by atoms with E-state index in [1.807, 2.05) is 24.3 Å². The zero-order valence-electron chi connectivity index (χ0n) is 8.99. The first-order valence-corrected chi connectivity index (χ1v) is 10.2. The lowest BCUT2D eigenvalue weighted by Gasteiger charge is -2.12. The minimum absolute atomic E-state index is 0.784. The maximum absolute atomic E-state index is 5.97. The Bertz CT molecular complexity index is 591. The first kappa shape index (κ1) is 17.0. The summed E-state index contributed by atoms with van der Waals surface area (Å²) >= 11 is 18.5. The summed E-state index contributed by atoms with van der Waals surface area (Å²) < 4.78 is 12.1. The highest BCUT2D eigenvalue weighted by molar-refractivity contribution is 14.1. The van der Waals surface area contributed by atoms with Gasteiger partial charge in [0.2, 0.25) is 0 Å². The Morgan fingerprint density at radius 3 is 1.37 bits per heavy atom. The monoisotopic (exact) mass is 734 g/mol. The zero-order chi connectivity index (χ0) is 14.2. The van der Waals surface area contributed by atoms with Crippen molar-refractivity contribution in [1.29, 1.82) is 0 Å². The van der Waals surface area contributed by atoms with Crippen LogP contribution in [0.2, 0.25) is 0 Å². The SMILES string of the molecule is Brc1cc(Br)c(Oc2cc(I)c(Br)cc2Br)cc1I. The third kappa shape index (κ3) is 4.30. The molecular weight excluding hydrogens is 734 g/mol. The van der Waals surface area contributed by atoms with E-state index in [1.54, 1.807) is 0 Å². The molecule has 0 heterocycles. The average Bonchev–Trinajstić information content (AvgIpc) is 2.32. The molecule has 0 amide bonds. The second-order valence-corrected chi connectivity index (χ2v) is 9.24. The Hall–Kier alpha value is 1.62. The molecule has 0 aliphatic heterocycles. The number of halogens is 6. The highest BCUT2D eigenvalue weighted by Gasteiger charge is 2.11. The molecule has 0 saturated heterocycles. The summed E-state index contributed by atoms with van der Waals surface area (Å²) in [5.74, 6) is 1.57. The molecule has 0 spiro atoms. The van der Waals surface area contributed by atoms with Crippen molar-refractivity contribution >= 4 is 109 Å². The topological polar surface area (TPSA) is 9.23 Å². The molecule has 0 bridgehead atoms. The molecule has 19 heavy (non-hydrogen) atoms. The summed E-state index contributed by atoms with van der Waals surface area (Å²) in [6, 6.07) is 7.93. The van der Waals surface area contributed by atoms with Crippen molar-refractivity contribution in [3.05, 3.63) is 49.3 Å². The Morgan fingerprint density at radius 2 is 1.00 bits per heavy atom. The highest BCUT2D eigenvalue weighted by atomic mass is 127. The molecule has 2 rings (SSSR count). The van der Waals surface area contributed by atoms with Crippen molar-refractivity contribution < 1.29 is 4.74 Å². The minimum Gasteiger partial charge on any atom is -0.455 e. The highest BCUT2D eigenvalue weighted by Crippen LogP contribution is 2.39. The van der Waals surface area contributed by atoms with Gasteiger partial charge in [0.25, 0.3) is 0 Å². The molecule has 0 N–H and O–H groups in total. The van der Waals surface area contributed by atoms with Crippen LogP contribution in [-0.2, 0) is 0 Å². The van der Waals surface area contributed by atoms with Gasteiger partial charge in [-0.25, -0.2) is 0 Å². The van der Waals surface area contributed by atoms with Crippen LogP contribution in [-0.4, -0.2) is 0 Å². The van der Waals surface area contributed by atoms with Crippen molar-refractivity contribution in [2.45, 2.75) is 0 Å². The number of ether oxygens (including phenoxy) is 1. The maximum Gasteiger partial charge on any atom is 0.142 e. The molecule has 0 atom stereocenters. The normalized spacial score (nSPS) is 10.6. The van der Waals surface area contributed by atoms with E-state index in [2.05, 4.69) is 109 Å². The fourth-order valence-electron chi connectivity index (χ4n) is 1.28. The van der Waals surface area contributed by atoms with Gasteiger partial charge in [0, 0.05) is 16.1 Å². The van der Waals surface area contributed by atoms with Crippen LogP contribution in [0.15, 0.2) is 42.2 Å². The number of benzene rings is 2.